The van der Waals surface area contributed by atoms with Crippen LogP contribution in [0.2, 0.25) is 0 Å². The van der Waals surface area contributed by atoms with E-state index in [1.54, 1.807) is 0 Å². The fourth-order valence-corrected chi connectivity index (χ4v) is 2.77. The number of rotatable bonds is 3. The second-order valence-corrected chi connectivity index (χ2v) is 5.43. The first-order chi connectivity index (χ1) is 7.75. The Morgan fingerprint density at radius 1 is 1.44 bits per heavy atom. The molecule has 0 spiro atoms. The molecule has 3 rings (SSSR count). The van der Waals surface area contributed by atoms with Gasteiger partial charge < -0.3 is 10.3 Å². The van der Waals surface area contributed by atoms with Gasteiger partial charge in [-0.25, -0.2) is 4.98 Å². The maximum Gasteiger partial charge on any atom is 0.112 e. The summed E-state index contributed by atoms with van der Waals surface area (Å²) in [5.74, 6) is 2.13. The molecule has 2 aliphatic rings. The van der Waals surface area contributed by atoms with Gasteiger partial charge in [-0.3, -0.25) is 0 Å². The number of nitrogens with two attached hydrogens (primary N) is 1. The van der Waals surface area contributed by atoms with Crippen LogP contribution in [0, 0.1) is 0 Å². The quantitative estimate of drug-likeness (QED) is 0.845. The van der Waals surface area contributed by atoms with Crippen molar-refractivity contribution in [1.29, 1.82) is 0 Å². The van der Waals surface area contributed by atoms with Gasteiger partial charge in [0.25, 0.3) is 0 Å². The lowest BCUT2D eigenvalue weighted by Crippen LogP contribution is -2.20. The van der Waals surface area contributed by atoms with Crippen LogP contribution in [0.3, 0.4) is 0 Å². The molecule has 1 aromatic rings. The molecule has 1 unspecified atom stereocenters. The monoisotopic (exact) mass is 219 g/mol. The van der Waals surface area contributed by atoms with Gasteiger partial charge in [0.15, 0.2) is 0 Å². The number of aromatic nitrogens is 2. The molecule has 16 heavy (non-hydrogen) atoms. The molecular formula is C13H21N3. The zero-order valence-electron chi connectivity index (χ0n) is 10.1. The Morgan fingerprint density at radius 3 is 2.94 bits per heavy atom. The van der Waals surface area contributed by atoms with Crippen molar-refractivity contribution in [2.24, 2.45) is 5.73 Å². The molecule has 88 valence electrons. The molecule has 1 aromatic heterocycles. The summed E-state index contributed by atoms with van der Waals surface area (Å²) in [6.07, 6.45) is 7.48. The Labute approximate surface area is 97.0 Å². The minimum Gasteiger partial charge on any atom is -0.332 e. The van der Waals surface area contributed by atoms with E-state index in [0.717, 1.165) is 12.3 Å². The number of nitrogens with zero attached hydrogens (tertiary/aromatic N) is 2. The molecule has 1 aliphatic carbocycles. The van der Waals surface area contributed by atoms with Crippen molar-refractivity contribution in [2.45, 2.75) is 64.0 Å². The lowest BCUT2D eigenvalue weighted by molar-refractivity contribution is 0.511. The van der Waals surface area contributed by atoms with Gasteiger partial charge in [-0.2, -0.15) is 0 Å². The third-order valence-corrected chi connectivity index (χ3v) is 3.69. The van der Waals surface area contributed by atoms with E-state index >= 15 is 0 Å². The Bertz CT molecular complexity index is 388. The molecule has 3 heteroatoms. The predicted molar refractivity (Wildman–Crippen MR) is 64.5 cm³/mol. The Balaban J connectivity index is 1.97. The van der Waals surface area contributed by atoms with Crippen LogP contribution in [0.1, 0.15) is 55.7 Å². The summed E-state index contributed by atoms with van der Waals surface area (Å²) in [5, 5.41) is 0. The fourth-order valence-electron chi connectivity index (χ4n) is 2.77. The number of imidazole rings is 1. The second-order valence-electron chi connectivity index (χ2n) is 5.43. The summed E-state index contributed by atoms with van der Waals surface area (Å²) >= 11 is 0. The van der Waals surface area contributed by atoms with Crippen molar-refractivity contribution < 1.29 is 0 Å². The van der Waals surface area contributed by atoms with Crippen molar-refractivity contribution in [3.63, 3.8) is 0 Å². The largest absolute Gasteiger partial charge is 0.332 e. The van der Waals surface area contributed by atoms with E-state index < -0.39 is 0 Å². The van der Waals surface area contributed by atoms with Crippen LogP contribution in [0.25, 0.3) is 0 Å². The van der Waals surface area contributed by atoms with Crippen LogP contribution >= 0.6 is 0 Å². The number of hydrogen-bond acceptors (Lipinski definition) is 2. The van der Waals surface area contributed by atoms with E-state index in [4.69, 9.17) is 10.7 Å². The molecule has 0 amide bonds. The molecule has 1 aliphatic heterocycles. The zero-order chi connectivity index (χ0) is 11.1. The first-order valence-electron chi connectivity index (χ1n) is 6.59. The Morgan fingerprint density at radius 2 is 2.25 bits per heavy atom. The lowest BCUT2D eigenvalue weighted by atomic mass is 10.1. The smallest absolute Gasteiger partial charge is 0.112 e. The van der Waals surface area contributed by atoms with Crippen molar-refractivity contribution in [3.05, 3.63) is 17.2 Å². The highest BCUT2D eigenvalue weighted by atomic mass is 15.1. The van der Waals surface area contributed by atoms with Crippen molar-refractivity contribution in [1.82, 2.24) is 9.55 Å². The van der Waals surface area contributed by atoms with Crippen molar-refractivity contribution in [3.8, 4) is 0 Å². The van der Waals surface area contributed by atoms with E-state index in [0.29, 0.717) is 0 Å². The van der Waals surface area contributed by atoms with E-state index in [1.165, 1.54) is 55.9 Å². The van der Waals surface area contributed by atoms with Crippen LogP contribution in [0.15, 0.2) is 0 Å². The molecule has 2 heterocycles. The lowest BCUT2D eigenvalue weighted by Gasteiger charge is -2.17. The summed E-state index contributed by atoms with van der Waals surface area (Å²) in [4.78, 5) is 4.88. The number of fused-ring (bicyclic) bond motifs is 1. The topological polar surface area (TPSA) is 43.8 Å². The van der Waals surface area contributed by atoms with E-state index in [1.807, 2.05) is 0 Å². The van der Waals surface area contributed by atoms with Crippen LogP contribution in [0.4, 0.5) is 0 Å². The van der Waals surface area contributed by atoms with Gasteiger partial charge in [0, 0.05) is 30.6 Å². The molecule has 0 saturated heterocycles. The molecule has 0 bridgehead atoms. The molecule has 2 N–H and O–H groups in total. The average Bonchev–Trinajstić information content (AvgIpc) is 3.03. The highest BCUT2D eigenvalue weighted by Gasteiger charge is 2.31. The van der Waals surface area contributed by atoms with Gasteiger partial charge in [-0.1, -0.05) is 0 Å². The predicted octanol–water partition coefficient (Wildman–Crippen LogP) is 1.99. The van der Waals surface area contributed by atoms with Crippen molar-refractivity contribution >= 4 is 0 Å². The van der Waals surface area contributed by atoms with Gasteiger partial charge in [-0.05, 0) is 39.0 Å². The Hall–Kier alpha value is -0.830. The maximum absolute atomic E-state index is 5.91. The van der Waals surface area contributed by atoms with Crippen molar-refractivity contribution in [2.75, 3.05) is 0 Å². The molecule has 1 atom stereocenters. The maximum atomic E-state index is 5.91. The summed E-state index contributed by atoms with van der Waals surface area (Å²) in [6, 6.07) is 0.230. The molecule has 0 radical (unpaired) electrons. The Kier molecular flexibility index (Phi) is 2.51. The number of hydrogen-bond donors (Lipinski definition) is 1. The van der Waals surface area contributed by atoms with Gasteiger partial charge in [-0.15, -0.1) is 0 Å². The third kappa shape index (κ3) is 1.77. The summed E-state index contributed by atoms with van der Waals surface area (Å²) in [6.45, 7) is 3.26. The van der Waals surface area contributed by atoms with Crippen LogP contribution in [-0.2, 0) is 19.4 Å². The van der Waals surface area contributed by atoms with Gasteiger partial charge in [0.1, 0.15) is 5.82 Å². The molecule has 3 nitrogen and oxygen atoms in total. The first-order valence-corrected chi connectivity index (χ1v) is 6.59. The highest BCUT2D eigenvalue weighted by molar-refractivity contribution is 5.24. The zero-order valence-corrected chi connectivity index (χ0v) is 10.1. The minimum atomic E-state index is 0.230. The molecular weight excluding hydrogens is 198 g/mol. The van der Waals surface area contributed by atoms with Gasteiger partial charge >= 0.3 is 0 Å². The van der Waals surface area contributed by atoms with Crippen LogP contribution in [0.5, 0.6) is 0 Å². The van der Waals surface area contributed by atoms with Crippen LogP contribution in [-0.4, -0.2) is 15.6 Å². The van der Waals surface area contributed by atoms with Crippen LogP contribution < -0.4 is 5.73 Å². The first kappa shape index (κ1) is 10.3. The molecule has 1 fully saturated rings. The van der Waals surface area contributed by atoms with E-state index in [2.05, 4.69) is 11.5 Å². The standard InChI is InChI=1S/C13H21N3/c1-9(14)8-11-12-4-2-3-7-16(12)13(15-11)10-5-6-10/h9-10H,2-8,14H2,1H3. The fraction of sp³-hybridized carbons (Fsp3) is 0.769. The summed E-state index contributed by atoms with van der Waals surface area (Å²) < 4.78 is 2.50. The third-order valence-electron chi connectivity index (χ3n) is 3.69. The minimum absolute atomic E-state index is 0.230. The normalized spacial score (nSPS) is 21.9. The summed E-state index contributed by atoms with van der Waals surface area (Å²) in [5.41, 5.74) is 8.69. The molecule has 0 aromatic carbocycles. The van der Waals surface area contributed by atoms with E-state index in [-0.39, 0.29) is 6.04 Å². The van der Waals surface area contributed by atoms with Gasteiger partial charge in [0.2, 0.25) is 0 Å². The summed E-state index contributed by atoms with van der Waals surface area (Å²) in [7, 11) is 0. The average molecular weight is 219 g/mol. The van der Waals surface area contributed by atoms with E-state index in [9.17, 15) is 0 Å². The SMILES string of the molecule is CC(N)Cc1nc(C2CC2)n2c1CCCC2. The highest BCUT2D eigenvalue weighted by Crippen LogP contribution is 2.41. The molecule has 1 saturated carbocycles. The second kappa shape index (κ2) is 3.88. The van der Waals surface area contributed by atoms with Gasteiger partial charge in [0.05, 0.1) is 5.69 Å².